The van der Waals surface area contributed by atoms with Crippen molar-refractivity contribution in [2.75, 3.05) is 9.80 Å². The zero-order chi connectivity index (χ0) is 41.7. The van der Waals surface area contributed by atoms with Crippen LogP contribution in [0.15, 0.2) is 194 Å². The Morgan fingerprint density at radius 3 is 1.15 bits per heavy atom. The summed E-state index contributed by atoms with van der Waals surface area (Å²) in [5.41, 5.74) is 27.6. The van der Waals surface area contributed by atoms with Gasteiger partial charge in [-0.2, -0.15) is 0 Å². The van der Waals surface area contributed by atoms with E-state index in [1.165, 1.54) is 94.7 Å². The van der Waals surface area contributed by atoms with Crippen molar-refractivity contribution in [3.05, 3.63) is 250 Å². The molecular weight excluding hydrogens is 749 g/mol. The molecule has 0 amide bonds. The lowest BCUT2D eigenvalue weighted by molar-refractivity contribution is 0.794. The van der Waals surface area contributed by atoms with Gasteiger partial charge in [-0.05, 0) is 186 Å². The van der Waals surface area contributed by atoms with Gasteiger partial charge in [0.25, 0.3) is 0 Å². The molecule has 0 saturated heterocycles. The lowest BCUT2D eigenvalue weighted by Gasteiger charge is -2.32. The monoisotopic (exact) mass is 794 g/mol. The number of aryl methyl sites for hydroxylation is 4. The van der Waals surface area contributed by atoms with Crippen LogP contribution in [0.2, 0.25) is 0 Å². The standard InChI is InChI=1S/C60H46N2/c1-38-13-21-44(22-14-38)61(45-23-15-39(2)16-24-45)48-29-31-50-42(34-48)33-43-35-55-53-32-30-49(62(46-25-17-40(3)18-26-46)47-27-19-41(4)20-28-47)36-58(53)60(59(55)37-54(43)50)56-11-7-5-9-51(56)52-10-6-8-12-57(52)60/h5-32,34-37H,33H2,1-4H3. The Morgan fingerprint density at radius 1 is 0.290 bits per heavy atom. The number of anilines is 6. The van der Waals surface area contributed by atoms with Crippen LogP contribution in [-0.2, 0) is 11.8 Å². The van der Waals surface area contributed by atoms with Gasteiger partial charge < -0.3 is 9.80 Å². The summed E-state index contributed by atoms with van der Waals surface area (Å²) in [4.78, 5) is 4.82. The maximum atomic E-state index is 2.57. The molecule has 0 unspecified atom stereocenters. The van der Waals surface area contributed by atoms with Crippen molar-refractivity contribution < 1.29 is 0 Å². The molecule has 0 saturated carbocycles. The van der Waals surface area contributed by atoms with Crippen molar-refractivity contribution in [1.29, 1.82) is 0 Å². The Bertz CT molecular complexity index is 3090. The predicted octanol–water partition coefficient (Wildman–Crippen LogP) is 15.8. The van der Waals surface area contributed by atoms with E-state index >= 15 is 0 Å². The molecule has 12 rings (SSSR count). The second-order valence-electron chi connectivity index (χ2n) is 17.7. The Morgan fingerprint density at radius 2 is 0.661 bits per heavy atom. The van der Waals surface area contributed by atoms with E-state index in [4.69, 9.17) is 0 Å². The smallest absolute Gasteiger partial charge is 0.0726 e. The number of benzene rings is 9. The fourth-order valence-electron chi connectivity index (χ4n) is 10.8. The van der Waals surface area contributed by atoms with Gasteiger partial charge in [0.15, 0.2) is 0 Å². The van der Waals surface area contributed by atoms with Gasteiger partial charge in [0.2, 0.25) is 0 Å². The van der Waals surface area contributed by atoms with Crippen LogP contribution in [0.25, 0.3) is 33.4 Å². The average molecular weight is 795 g/mol. The van der Waals surface area contributed by atoms with Crippen LogP contribution in [0.4, 0.5) is 34.1 Å². The van der Waals surface area contributed by atoms with Crippen LogP contribution in [0.1, 0.15) is 55.6 Å². The third-order valence-corrected chi connectivity index (χ3v) is 13.7. The molecule has 0 atom stereocenters. The quantitative estimate of drug-likeness (QED) is 0.165. The molecule has 0 aliphatic heterocycles. The molecule has 3 aliphatic rings. The molecule has 2 nitrogen and oxygen atoms in total. The molecule has 3 aliphatic carbocycles. The van der Waals surface area contributed by atoms with Crippen molar-refractivity contribution in [3.8, 4) is 33.4 Å². The highest BCUT2D eigenvalue weighted by Gasteiger charge is 2.52. The Labute approximate surface area is 365 Å². The highest BCUT2D eigenvalue weighted by molar-refractivity contribution is 5.98. The first-order valence-electron chi connectivity index (χ1n) is 21.9. The van der Waals surface area contributed by atoms with Crippen LogP contribution >= 0.6 is 0 Å². The van der Waals surface area contributed by atoms with Gasteiger partial charge in [-0.3, -0.25) is 0 Å². The number of hydrogen-bond donors (Lipinski definition) is 0. The van der Waals surface area contributed by atoms with Gasteiger partial charge >= 0.3 is 0 Å². The van der Waals surface area contributed by atoms with Crippen LogP contribution in [-0.4, -0.2) is 0 Å². The first-order valence-corrected chi connectivity index (χ1v) is 21.9. The zero-order valence-corrected chi connectivity index (χ0v) is 35.6. The molecule has 9 aromatic rings. The number of rotatable bonds is 6. The Hall–Kier alpha value is -7.42. The minimum Gasteiger partial charge on any atom is -0.310 e. The third kappa shape index (κ3) is 5.43. The Kier molecular flexibility index (Phi) is 8.11. The fraction of sp³-hybridized carbons (Fsp3) is 0.100. The Balaban J connectivity index is 1.05. The fourth-order valence-corrected chi connectivity index (χ4v) is 10.8. The first-order chi connectivity index (χ1) is 30.3. The molecule has 0 aromatic heterocycles. The zero-order valence-electron chi connectivity index (χ0n) is 35.6. The minimum atomic E-state index is -0.481. The lowest BCUT2D eigenvalue weighted by atomic mass is 9.70. The van der Waals surface area contributed by atoms with Crippen molar-refractivity contribution in [3.63, 3.8) is 0 Å². The summed E-state index contributed by atoms with van der Waals surface area (Å²) in [6, 6.07) is 73.4. The van der Waals surface area contributed by atoms with E-state index in [1.807, 2.05) is 0 Å². The van der Waals surface area contributed by atoms with Gasteiger partial charge in [-0.1, -0.05) is 131 Å². The summed E-state index contributed by atoms with van der Waals surface area (Å²) in [7, 11) is 0. The summed E-state index contributed by atoms with van der Waals surface area (Å²) in [6.45, 7) is 8.62. The van der Waals surface area contributed by atoms with Gasteiger partial charge in [0.1, 0.15) is 0 Å². The molecular formula is C60H46N2. The van der Waals surface area contributed by atoms with E-state index in [9.17, 15) is 0 Å². The third-order valence-electron chi connectivity index (χ3n) is 13.7. The highest BCUT2D eigenvalue weighted by atomic mass is 15.1. The average Bonchev–Trinajstić information content (AvgIpc) is 3.91. The molecule has 9 aromatic carbocycles. The summed E-state index contributed by atoms with van der Waals surface area (Å²) in [5, 5.41) is 0. The molecule has 0 bridgehead atoms. The lowest BCUT2D eigenvalue weighted by Crippen LogP contribution is -2.26. The molecule has 0 fully saturated rings. The maximum absolute atomic E-state index is 2.57. The highest BCUT2D eigenvalue weighted by Crippen LogP contribution is 2.64. The van der Waals surface area contributed by atoms with Gasteiger partial charge in [0.05, 0.1) is 5.41 Å². The molecule has 62 heavy (non-hydrogen) atoms. The van der Waals surface area contributed by atoms with E-state index in [2.05, 4.69) is 232 Å². The summed E-state index contributed by atoms with van der Waals surface area (Å²) < 4.78 is 0. The molecule has 2 heteroatoms. The largest absolute Gasteiger partial charge is 0.310 e. The second kappa shape index (κ2) is 13.8. The number of nitrogens with zero attached hydrogens (tertiary/aromatic N) is 2. The molecule has 1 spiro atoms. The number of hydrogen-bond acceptors (Lipinski definition) is 2. The van der Waals surface area contributed by atoms with Gasteiger partial charge in [-0.25, -0.2) is 0 Å². The topological polar surface area (TPSA) is 6.48 Å². The van der Waals surface area contributed by atoms with E-state index in [-0.39, 0.29) is 0 Å². The summed E-state index contributed by atoms with van der Waals surface area (Å²) >= 11 is 0. The normalized spacial score (nSPS) is 13.2. The number of fused-ring (bicyclic) bond motifs is 13. The van der Waals surface area contributed by atoms with Crippen molar-refractivity contribution in [2.24, 2.45) is 0 Å². The molecule has 0 N–H and O–H groups in total. The summed E-state index contributed by atoms with van der Waals surface area (Å²) in [5.74, 6) is 0. The van der Waals surface area contributed by atoms with Gasteiger partial charge in [-0.15, -0.1) is 0 Å². The molecule has 0 radical (unpaired) electrons. The maximum Gasteiger partial charge on any atom is 0.0726 e. The van der Waals surface area contributed by atoms with Crippen molar-refractivity contribution >= 4 is 34.1 Å². The van der Waals surface area contributed by atoms with Crippen LogP contribution in [0.5, 0.6) is 0 Å². The SMILES string of the molecule is Cc1ccc(N(c2ccc(C)cc2)c2ccc3c(c2)Cc2cc4c(cc2-3)C2(c3ccccc3-c3ccccc32)c2cc(N(c3ccc(C)cc3)c3ccc(C)cc3)ccc2-4)cc1. The predicted molar refractivity (Wildman–Crippen MR) is 259 cm³/mol. The van der Waals surface area contributed by atoms with Crippen molar-refractivity contribution in [2.45, 2.75) is 39.5 Å². The van der Waals surface area contributed by atoms with E-state index in [0.29, 0.717) is 0 Å². The van der Waals surface area contributed by atoms with E-state index < -0.39 is 5.41 Å². The molecule has 296 valence electrons. The first kappa shape index (κ1) is 36.4. The van der Waals surface area contributed by atoms with Gasteiger partial charge in [0, 0.05) is 34.1 Å². The van der Waals surface area contributed by atoms with Crippen LogP contribution in [0, 0.1) is 27.7 Å². The van der Waals surface area contributed by atoms with Crippen molar-refractivity contribution in [1.82, 2.24) is 0 Å². The van der Waals surface area contributed by atoms with E-state index in [0.717, 1.165) is 34.9 Å². The molecule has 0 heterocycles. The minimum absolute atomic E-state index is 0.481. The van der Waals surface area contributed by atoms with Crippen LogP contribution < -0.4 is 9.80 Å². The van der Waals surface area contributed by atoms with Crippen LogP contribution in [0.3, 0.4) is 0 Å². The second-order valence-corrected chi connectivity index (χ2v) is 17.7. The van der Waals surface area contributed by atoms with E-state index in [1.54, 1.807) is 0 Å². The summed E-state index contributed by atoms with van der Waals surface area (Å²) in [6.07, 6.45) is 0.892.